The van der Waals surface area contributed by atoms with Crippen LogP contribution in [0.15, 0.2) is 36.4 Å². The third-order valence-electron chi connectivity index (χ3n) is 4.15. The van der Waals surface area contributed by atoms with E-state index >= 15 is 0 Å². The highest BCUT2D eigenvalue weighted by Gasteiger charge is 2.17. The maximum absolute atomic E-state index is 9.40. The molecule has 114 valence electrons. The van der Waals surface area contributed by atoms with Crippen molar-refractivity contribution in [1.29, 1.82) is 0 Å². The Morgan fingerprint density at radius 2 is 1.48 bits per heavy atom. The molecule has 0 spiro atoms. The molecule has 5 rings (SSSR count). The van der Waals surface area contributed by atoms with E-state index in [9.17, 15) is 5.11 Å². The van der Waals surface area contributed by atoms with E-state index in [0.29, 0.717) is 0 Å². The quantitative estimate of drug-likeness (QED) is 0.421. The Morgan fingerprint density at radius 1 is 0.826 bits per heavy atom. The van der Waals surface area contributed by atoms with E-state index in [1.807, 2.05) is 46.1 Å². The summed E-state index contributed by atoms with van der Waals surface area (Å²) in [4.78, 5) is 0. The molecule has 3 heterocycles. The molecular formula is C18H12O2S3. The molecule has 2 aromatic carbocycles. The number of hydrogen-bond donors (Lipinski definition) is 1. The summed E-state index contributed by atoms with van der Waals surface area (Å²) in [7, 11) is 1.71. The summed E-state index contributed by atoms with van der Waals surface area (Å²) in [5.41, 5.74) is 0.973. The zero-order valence-corrected chi connectivity index (χ0v) is 14.7. The second-order valence-corrected chi connectivity index (χ2v) is 8.60. The fourth-order valence-electron chi connectivity index (χ4n) is 3.01. The molecule has 1 N–H and O–H groups in total. The molecule has 0 aliphatic carbocycles. The average molecular weight is 356 g/mol. The van der Waals surface area contributed by atoms with Gasteiger partial charge in [-0.3, -0.25) is 0 Å². The van der Waals surface area contributed by atoms with Crippen molar-refractivity contribution in [1.82, 2.24) is 0 Å². The second-order valence-electron chi connectivity index (χ2n) is 5.47. The number of aliphatic hydroxyl groups is 1. The SMILES string of the molecule is COc1ccc2sc3c(sc4c5cc(CO)ccc5sc43)c2c1. The number of methoxy groups -OCH3 is 1. The number of ether oxygens (including phenoxy) is 1. The van der Waals surface area contributed by atoms with Gasteiger partial charge < -0.3 is 9.84 Å². The Kier molecular flexibility index (Phi) is 2.94. The maximum atomic E-state index is 9.40. The van der Waals surface area contributed by atoms with Crippen LogP contribution in [0.4, 0.5) is 0 Å². The van der Waals surface area contributed by atoms with Crippen molar-refractivity contribution in [2.75, 3.05) is 7.11 Å². The van der Waals surface area contributed by atoms with Crippen LogP contribution in [0.3, 0.4) is 0 Å². The Balaban J connectivity index is 1.92. The molecule has 0 radical (unpaired) electrons. The smallest absolute Gasteiger partial charge is 0.119 e. The molecule has 0 atom stereocenters. The number of thiophene rings is 3. The van der Waals surface area contributed by atoms with Crippen LogP contribution in [0, 0.1) is 0 Å². The van der Waals surface area contributed by atoms with Gasteiger partial charge in [0, 0.05) is 20.2 Å². The lowest BCUT2D eigenvalue weighted by Crippen LogP contribution is -1.80. The highest BCUT2D eigenvalue weighted by Crippen LogP contribution is 2.50. The van der Waals surface area contributed by atoms with Gasteiger partial charge in [0.25, 0.3) is 0 Å². The van der Waals surface area contributed by atoms with Crippen LogP contribution in [-0.2, 0) is 6.61 Å². The van der Waals surface area contributed by atoms with Gasteiger partial charge in [-0.25, -0.2) is 0 Å². The van der Waals surface area contributed by atoms with Crippen molar-refractivity contribution in [3.05, 3.63) is 42.0 Å². The van der Waals surface area contributed by atoms with Crippen molar-refractivity contribution in [2.45, 2.75) is 6.61 Å². The minimum atomic E-state index is 0.0904. The van der Waals surface area contributed by atoms with Crippen LogP contribution in [0.5, 0.6) is 5.75 Å². The first kappa shape index (κ1) is 13.7. The van der Waals surface area contributed by atoms with E-state index in [1.54, 1.807) is 7.11 Å². The molecule has 23 heavy (non-hydrogen) atoms. The molecule has 0 saturated heterocycles. The summed E-state index contributed by atoms with van der Waals surface area (Å²) in [6, 6.07) is 12.6. The molecule has 0 amide bonds. The molecule has 0 aliphatic rings. The normalized spacial score (nSPS) is 12.1. The summed E-state index contributed by atoms with van der Waals surface area (Å²) in [5.74, 6) is 0.904. The van der Waals surface area contributed by atoms with Gasteiger partial charge in [-0.05, 0) is 35.9 Å². The lowest BCUT2D eigenvalue weighted by atomic mass is 10.2. The fraction of sp³-hybridized carbons (Fsp3) is 0.111. The molecule has 0 unspecified atom stereocenters. The van der Waals surface area contributed by atoms with Gasteiger partial charge in [0.15, 0.2) is 0 Å². The maximum Gasteiger partial charge on any atom is 0.119 e. The lowest BCUT2D eigenvalue weighted by molar-refractivity contribution is 0.282. The Labute approximate surface area is 144 Å². The van der Waals surface area contributed by atoms with Gasteiger partial charge in [0.1, 0.15) is 5.75 Å². The Hall–Kier alpha value is -1.66. The zero-order valence-electron chi connectivity index (χ0n) is 12.3. The molecule has 5 heteroatoms. The summed E-state index contributed by atoms with van der Waals surface area (Å²) in [5, 5.41) is 11.9. The summed E-state index contributed by atoms with van der Waals surface area (Å²) >= 11 is 5.56. The van der Waals surface area contributed by atoms with Crippen LogP contribution in [0.25, 0.3) is 39.0 Å². The second kappa shape index (κ2) is 4.92. The first-order valence-electron chi connectivity index (χ1n) is 7.23. The van der Waals surface area contributed by atoms with Gasteiger partial charge in [0.05, 0.1) is 32.5 Å². The van der Waals surface area contributed by atoms with Gasteiger partial charge in [0.2, 0.25) is 0 Å². The number of benzene rings is 2. The van der Waals surface area contributed by atoms with E-state index in [1.165, 1.54) is 39.0 Å². The van der Waals surface area contributed by atoms with Crippen molar-refractivity contribution >= 4 is 73.0 Å². The van der Waals surface area contributed by atoms with Crippen molar-refractivity contribution < 1.29 is 9.84 Å². The van der Waals surface area contributed by atoms with E-state index < -0.39 is 0 Å². The lowest BCUT2D eigenvalue weighted by Gasteiger charge is -1.98. The number of rotatable bonds is 2. The zero-order chi connectivity index (χ0) is 15.6. The standard InChI is InChI=1S/C18H12O2S3/c1-20-10-3-5-14-12(7-10)16-18(22-14)17-15(23-16)11-6-9(8-19)2-4-13(11)21-17/h2-7,19H,8H2,1H3. The van der Waals surface area contributed by atoms with E-state index in [2.05, 4.69) is 24.3 Å². The monoisotopic (exact) mass is 356 g/mol. The molecule has 0 fully saturated rings. The molecule has 0 bridgehead atoms. The highest BCUT2D eigenvalue weighted by molar-refractivity contribution is 7.43. The summed E-state index contributed by atoms with van der Waals surface area (Å²) < 4.78 is 13.4. The molecule has 5 aromatic rings. The largest absolute Gasteiger partial charge is 0.497 e. The number of aliphatic hydroxyl groups excluding tert-OH is 1. The van der Waals surface area contributed by atoms with Crippen molar-refractivity contribution in [2.24, 2.45) is 0 Å². The van der Waals surface area contributed by atoms with E-state index in [0.717, 1.165) is 11.3 Å². The Morgan fingerprint density at radius 3 is 2.13 bits per heavy atom. The first-order chi connectivity index (χ1) is 11.3. The van der Waals surface area contributed by atoms with E-state index in [4.69, 9.17) is 4.74 Å². The minimum absolute atomic E-state index is 0.0904. The van der Waals surface area contributed by atoms with Crippen LogP contribution in [-0.4, -0.2) is 12.2 Å². The van der Waals surface area contributed by atoms with E-state index in [-0.39, 0.29) is 6.61 Å². The molecule has 2 nitrogen and oxygen atoms in total. The minimum Gasteiger partial charge on any atom is -0.497 e. The van der Waals surface area contributed by atoms with Gasteiger partial charge >= 0.3 is 0 Å². The number of fused-ring (bicyclic) bond motifs is 7. The fourth-order valence-corrected chi connectivity index (χ4v) is 7.21. The third-order valence-corrected chi connectivity index (χ3v) is 8.17. The highest BCUT2D eigenvalue weighted by atomic mass is 32.1. The molecule has 3 aromatic heterocycles. The third kappa shape index (κ3) is 1.88. The van der Waals surface area contributed by atoms with Gasteiger partial charge in [-0.1, -0.05) is 6.07 Å². The molecular weight excluding hydrogens is 344 g/mol. The predicted octanol–water partition coefficient (Wildman–Crippen LogP) is 5.98. The van der Waals surface area contributed by atoms with Gasteiger partial charge in [-0.15, -0.1) is 34.0 Å². The van der Waals surface area contributed by atoms with Crippen molar-refractivity contribution in [3.63, 3.8) is 0 Å². The van der Waals surface area contributed by atoms with Gasteiger partial charge in [-0.2, -0.15) is 0 Å². The first-order valence-corrected chi connectivity index (χ1v) is 9.68. The van der Waals surface area contributed by atoms with Crippen LogP contribution >= 0.6 is 34.0 Å². The average Bonchev–Trinajstić information content (AvgIpc) is 3.22. The van der Waals surface area contributed by atoms with Crippen molar-refractivity contribution in [3.8, 4) is 5.75 Å². The summed E-state index contributed by atoms with van der Waals surface area (Å²) in [6.45, 7) is 0.0904. The van der Waals surface area contributed by atoms with Crippen LogP contribution in [0.2, 0.25) is 0 Å². The van der Waals surface area contributed by atoms with Crippen LogP contribution in [0.1, 0.15) is 5.56 Å². The molecule has 0 aliphatic heterocycles. The summed E-state index contributed by atoms with van der Waals surface area (Å²) in [6.07, 6.45) is 0. The molecule has 0 saturated carbocycles. The number of hydrogen-bond acceptors (Lipinski definition) is 5. The Bertz CT molecular complexity index is 1100. The predicted molar refractivity (Wildman–Crippen MR) is 103 cm³/mol. The van der Waals surface area contributed by atoms with Crippen LogP contribution < -0.4 is 4.74 Å². The topological polar surface area (TPSA) is 29.5 Å².